The summed E-state index contributed by atoms with van der Waals surface area (Å²) in [7, 11) is 0. The molecule has 0 saturated heterocycles. The van der Waals surface area contributed by atoms with Gasteiger partial charge in [-0.3, -0.25) is 0 Å². The van der Waals surface area contributed by atoms with Crippen molar-refractivity contribution in [3.8, 4) is 0 Å². The second kappa shape index (κ2) is 5.47. The van der Waals surface area contributed by atoms with Crippen LogP contribution in [0.15, 0.2) is 42.6 Å². The van der Waals surface area contributed by atoms with E-state index in [2.05, 4.69) is 0 Å². The number of aromatic nitrogens is 1. The minimum absolute atomic E-state index is 0.406. The lowest BCUT2D eigenvalue weighted by atomic mass is 10.2. The Morgan fingerprint density at radius 2 is 1.86 bits per heavy atom. The highest BCUT2D eigenvalue weighted by atomic mass is 35.5. The van der Waals surface area contributed by atoms with Crippen molar-refractivity contribution in [2.24, 2.45) is 5.73 Å². The lowest BCUT2D eigenvalue weighted by Crippen LogP contribution is -2.00. The summed E-state index contributed by atoms with van der Waals surface area (Å²) in [5, 5.41) is 1.64. The van der Waals surface area contributed by atoms with Gasteiger partial charge in [-0.2, -0.15) is 0 Å². The Kier molecular flexibility index (Phi) is 3.66. The number of nitrogens with zero attached hydrogens (tertiary/aromatic N) is 1. The van der Waals surface area contributed by atoms with Gasteiger partial charge in [0.2, 0.25) is 0 Å². The van der Waals surface area contributed by atoms with E-state index < -0.39 is 11.6 Å². The molecule has 0 atom stereocenters. The van der Waals surface area contributed by atoms with Gasteiger partial charge in [-0.1, -0.05) is 23.7 Å². The highest BCUT2D eigenvalue weighted by molar-refractivity contribution is 6.31. The summed E-state index contributed by atoms with van der Waals surface area (Å²) in [5.74, 6) is -1.69. The fourth-order valence-corrected chi connectivity index (χ4v) is 2.64. The molecule has 3 rings (SSSR count). The molecule has 0 aliphatic carbocycles. The van der Waals surface area contributed by atoms with Crippen molar-refractivity contribution in [3.05, 3.63) is 70.4 Å². The van der Waals surface area contributed by atoms with Gasteiger partial charge in [-0.05, 0) is 35.4 Å². The summed E-state index contributed by atoms with van der Waals surface area (Å²) >= 11 is 6.04. The van der Waals surface area contributed by atoms with Crippen molar-refractivity contribution in [1.29, 1.82) is 0 Å². The van der Waals surface area contributed by atoms with Crippen LogP contribution in [0.5, 0.6) is 0 Å². The molecule has 0 radical (unpaired) electrons. The van der Waals surface area contributed by atoms with Crippen molar-refractivity contribution in [2.75, 3.05) is 0 Å². The van der Waals surface area contributed by atoms with Crippen molar-refractivity contribution in [1.82, 2.24) is 4.57 Å². The molecule has 3 aromatic rings. The molecule has 0 aliphatic rings. The number of rotatable bonds is 3. The molecule has 1 heterocycles. The second-order valence-corrected chi connectivity index (χ2v) is 5.33. The molecule has 0 aliphatic heterocycles. The zero-order valence-electron chi connectivity index (χ0n) is 11.1. The van der Waals surface area contributed by atoms with E-state index in [0.717, 1.165) is 22.5 Å². The number of nitrogens with two attached hydrogens (primary N) is 1. The summed E-state index contributed by atoms with van der Waals surface area (Å²) in [6.07, 6.45) is 1.92. The summed E-state index contributed by atoms with van der Waals surface area (Å²) in [6.45, 7) is 0.830. The lowest BCUT2D eigenvalue weighted by molar-refractivity contribution is 0.506. The fourth-order valence-electron chi connectivity index (χ4n) is 2.47. The Bertz CT molecular complexity index is 811. The normalized spacial score (nSPS) is 11.2. The standard InChI is InChI=1S/C16H13ClF2N2/c17-12-2-3-13-11(7-20)9-21(16(13)6-12)8-10-1-4-14(18)15(19)5-10/h1-6,9H,7-8,20H2. The Morgan fingerprint density at radius 3 is 2.57 bits per heavy atom. The van der Waals surface area contributed by atoms with Gasteiger partial charge in [0.05, 0.1) is 5.52 Å². The van der Waals surface area contributed by atoms with Gasteiger partial charge >= 0.3 is 0 Å². The van der Waals surface area contributed by atoms with Crippen molar-refractivity contribution in [3.63, 3.8) is 0 Å². The van der Waals surface area contributed by atoms with Crippen LogP contribution >= 0.6 is 11.6 Å². The van der Waals surface area contributed by atoms with Crippen LogP contribution in [0.1, 0.15) is 11.1 Å². The third kappa shape index (κ3) is 2.64. The first-order valence-electron chi connectivity index (χ1n) is 6.50. The van der Waals surface area contributed by atoms with Gasteiger partial charge in [-0.25, -0.2) is 8.78 Å². The van der Waals surface area contributed by atoms with E-state index in [1.54, 1.807) is 6.07 Å². The molecule has 1 aromatic heterocycles. The molecule has 5 heteroatoms. The zero-order chi connectivity index (χ0) is 15.0. The molecule has 2 nitrogen and oxygen atoms in total. The number of hydrogen-bond donors (Lipinski definition) is 1. The quantitative estimate of drug-likeness (QED) is 0.776. The Hall–Kier alpha value is -1.91. The molecule has 0 fully saturated rings. The lowest BCUT2D eigenvalue weighted by Gasteiger charge is -2.06. The van der Waals surface area contributed by atoms with Crippen molar-refractivity contribution < 1.29 is 8.78 Å². The van der Waals surface area contributed by atoms with E-state index in [4.69, 9.17) is 17.3 Å². The topological polar surface area (TPSA) is 30.9 Å². The van der Waals surface area contributed by atoms with E-state index in [9.17, 15) is 8.78 Å². The van der Waals surface area contributed by atoms with Gasteiger partial charge in [-0.15, -0.1) is 0 Å². The first-order valence-corrected chi connectivity index (χ1v) is 6.87. The van der Waals surface area contributed by atoms with Gasteiger partial charge in [0.25, 0.3) is 0 Å². The maximum Gasteiger partial charge on any atom is 0.159 e. The third-order valence-corrected chi connectivity index (χ3v) is 3.72. The number of hydrogen-bond acceptors (Lipinski definition) is 1. The summed E-state index contributed by atoms with van der Waals surface area (Å²) in [6, 6.07) is 9.47. The van der Waals surface area contributed by atoms with E-state index in [-0.39, 0.29) is 0 Å². The average molecular weight is 307 g/mol. The molecule has 21 heavy (non-hydrogen) atoms. The van der Waals surface area contributed by atoms with Gasteiger partial charge in [0.15, 0.2) is 11.6 Å². The molecule has 108 valence electrons. The Labute approximate surface area is 125 Å². The monoisotopic (exact) mass is 306 g/mol. The van der Waals surface area contributed by atoms with E-state index >= 15 is 0 Å². The van der Waals surface area contributed by atoms with Crippen LogP contribution in [-0.2, 0) is 13.1 Å². The van der Waals surface area contributed by atoms with Crippen LogP contribution < -0.4 is 5.73 Å². The molecular weight excluding hydrogens is 294 g/mol. The predicted octanol–water partition coefficient (Wildman–Crippen LogP) is 4.08. The molecule has 0 saturated carbocycles. The summed E-state index contributed by atoms with van der Waals surface area (Å²) < 4.78 is 28.2. The first kappa shape index (κ1) is 14.0. The van der Waals surface area contributed by atoms with Crippen LogP contribution in [0.3, 0.4) is 0 Å². The zero-order valence-corrected chi connectivity index (χ0v) is 11.9. The second-order valence-electron chi connectivity index (χ2n) is 4.90. The number of benzene rings is 2. The Balaban J connectivity index is 2.07. The minimum Gasteiger partial charge on any atom is -0.343 e. The van der Waals surface area contributed by atoms with E-state index in [1.807, 2.05) is 29.0 Å². The molecule has 0 amide bonds. The van der Waals surface area contributed by atoms with Crippen LogP contribution in [0.4, 0.5) is 8.78 Å². The molecular formula is C16H13ClF2N2. The SMILES string of the molecule is NCc1cn(Cc2ccc(F)c(F)c2)c2cc(Cl)ccc12. The van der Waals surface area contributed by atoms with Gasteiger partial charge in [0, 0.05) is 29.7 Å². The predicted molar refractivity (Wildman–Crippen MR) is 80.3 cm³/mol. The van der Waals surface area contributed by atoms with Crippen LogP contribution in [0.25, 0.3) is 10.9 Å². The molecule has 2 N–H and O–H groups in total. The summed E-state index contributed by atoms with van der Waals surface area (Å²) in [4.78, 5) is 0. The fraction of sp³-hybridized carbons (Fsp3) is 0.125. The van der Waals surface area contributed by atoms with Crippen molar-refractivity contribution >= 4 is 22.5 Å². The maximum absolute atomic E-state index is 13.3. The van der Waals surface area contributed by atoms with Gasteiger partial charge < -0.3 is 10.3 Å². The Morgan fingerprint density at radius 1 is 1.05 bits per heavy atom. The van der Waals surface area contributed by atoms with Crippen LogP contribution in [-0.4, -0.2) is 4.57 Å². The van der Waals surface area contributed by atoms with Crippen LogP contribution in [0.2, 0.25) is 5.02 Å². The highest BCUT2D eigenvalue weighted by Crippen LogP contribution is 2.25. The van der Waals surface area contributed by atoms with Crippen molar-refractivity contribution in [2.45, 2.75) is 13.1 Å². The molecule has 2 aromatic carbocycles. The van der Waals surface area contributed by atoms with E-state index in [0.29, 0.717) is 23.7 Å². The third-order valence-electron chi connectivity index (χ3n) is 3.48. The average Bonchev–Trinajstić information content (AvgIpc) is 2.80. The van der Waals surface area contributed by atoms with Gasteiger partial charge in [0.1, 0.15) is 0 Å². The highest BCUT2D eigenvalue weighted by Gasteiger charge is 2.09. The molecule has 0 unspecified atom stereocenters. The smallest absolute Gasteiger partial charge is 0.159 e. The molecule has 0 bridgehead atoms. The summed E-state index contributed by atoms with van der Waals surface area (Å²) in [5.41, 5.74) is 8.34. The number of halogens is 3. The molecule has 0 spiro atoms. The van der Waals surface area contributed by atoms with E-state index in [1.165, 1.54) is 6.07 Å². The first-order chi connectivity index (χ1) is 10.1. The largest absolute Gasteiger partial charge is 0.343 e. The number of fused-ring (bicyclic) bond motifs is 1. The maximum atomic E-state index is 13.3. The van der Waals surface area contributed by atoms with Crippen LogP contribution in [0, 0.1) is 11.6 Å². The minimum atomic E-state index is -0.846.